The predicted molar refractivity (Wildman–Crippen MR) is 153 cm³/mol. The highest BCUT2D eigenvalue weighted by Gasteiger charge is 2.27. The molecule has 3 N–H and O–H groups in total. The van der Waals surface area contributed by atoms with E-state index in [1.54, 1.807) is 25.3 Å². The first-order valence-corrected chi connectivity index (χ1v) is 13.2. The van der Waals surface area contributed by atoms with E-state index in [1.165, 1.54) is 28.7 Å². The SMILES string of the molecule is COc1cc(C(=O)Nc2c(C)cc3cn(C(O)CC(C)(C)C)nc3c2C(=O)NC(C)C)n(-c2ncccc2Cl)n1. The summed E-state index contributed by atoms with van der Waals surface area (Å²) in [6.45, 7) is 11.5. The number of methoxy groups -OCH3 is 1. The number of aryl methyl sites for hydroxylation is 1. The number of halogens is 1. The van der Waals surface area contributed by atoms with Crippen molar-refractivity contribution in [3.63, 3.8) is 0 Å². The van der Waals surface area contributed by atoms with E-state index in [-0.39, 0.29) is 45.1 Å². The molecule has 0 spiro atoms. The zero-order valence-electron chi connectivity index (χ0n) is 23.6. The Morgan fingerprint density at radius 2 is 1.90 bits per heavy atom. The number of nitrogens with zero attached hydrogens (tertiary/aromatic N) is 5. The number of carbonyl (C=O) groups is 2. The van der Waals surface area contributed by atoms with Gasteiger partial charge >= 0.3 is 0 Å². The summed E-state index contributed by atoms with van der Waals surface area (Å²) in [5, 5.41) is 26.5. The number of fused-ring (bicyclic) bond motifs is 1. The summed E-state index contributed by atoms with van der Waals surface area (Å²) in [6.07, 6.45) is 2.81. The van der Waals surface area contributed by atoms with Crippen LogP contribution in [-0.4, -0.2) is 54.6 Å². The number of aliphatic hydroxyl groups excluding tert-OH is 1. The highest BCUT2D eigenvalue weighted by Crippen LogP contribution is 2.33. The molecule has 1 atom stereocenters. The Labute approximate surface area is 237 Å². The monoisotopic (exact) mass is 567 g/mol. The van der Waals surface area contributed by atoms with Crippen molar-refractivity contribution in [3.05, 3.63) is 58.5 Å². The number of aromatic nitrogens is 5. The molecule has 11 nitrogen and oxygen atoms in total. The number of anilines is 1. The maximum atomic E-state index is 13.7. The molecule has 0 aliphatic carbocycles. The molecule has 1 unspecified atom stereocenters. The van der Waals surface area contributed by atoms with E-state index < -0.39 is 18.0 Å². The van der Waals surface area contributed by atoms with Crippen LogP contribution < -0.4 is 15.4 Å². The molecule has 3 aromatic heterocycles. The van der Waals surface area contributed by atoms with E-state index in [4.69, 9.17) is 16.3 Å². The van der Waals surface area contributed by atoms with E-state index in [1.807, 2.05) is 40.7 Å². The summed E-state index contributed by atoms with van der Waals surface area (Å²) in [7, 11) is 1.44. The largest absolute Gasteiger partial charge is 0.480 e. The third kappa shape index (κ3) is 6.10. The lowest BCUT2D eigenvalue weighted by atomic mass is 9.91. The van der Waals surface area contributed by atoms with Crippen molar-refractivity contribution in [1.82, 2.24) is 29.9 Å². The lowest BCUT2D eigenvalue weighted by Gasteiger charge is -2.22. The Bertz CT molecular complexity index is 1570. The minimum atomic E-state index is -0.892. The first kappa shape index (κ1) is 29.0. The summed E-state index contributed by atoms with van der Waals surface area (Å²) >= 11 is 6.34. The van der Waals surface area contributed by atoms with Crippen molar-refractivity contribution >= 4 is 40.0 Å². The van der Waals surface area contributed by atoms with Crippen LogP contribution in [0, 0.1) is 12.3 Å². The van der Waals surface area contributed by atoms with Crippen LogP contribution in [0.5, 0.6) is 5.88 Å². The molecule has 3 heterocycles. The van der Waals surface area contributed by atoms with Gasteiger partial charge in [0.05, 0.1) is 23.4 Å². The van der Waals surface area contributed by atoms with Gasteiger partial charge in [-0.25, -0.2) is 14.3 Å². The average molecular weight is 568 g/mol. The minimum absolute atomic E-state index is 0.0956. The van der Waals surface area contributed by atoms with Gasteiger partial charge in [-0.1, -0.05) is 32.4 Å². The molecular weight excluding hydrogens is 534 g/mol. The summed E-state index contributed by atoms with van der Waals surface area (Å²) in [5.74, 6) is -0.545. The van der Waals surface area contributed by atoms with Gasteiger partial charge in [0.2, 0.25) is 5.88 Å². The van der Waals surface area contributed by atoms with E-state index in [2.05, 4.69) is 25.8 Å². The third-order valence-electron chi connectivity index (χ3n) is 6.07. The van der Waals surface area contributed by atoms with Gasteiger partial charge < -0.3 is 20.5 Å². The third-order valence-corrected chi connectivity index (χ3v) is 6.36. The van der Waals surface area contributed by atoms with Crippen LogP contribution in [0.4, 0.5) is 5.69 Å². The van der Waals surface area contributed by atoms with Gasteiger partial charge in [-0.05, 0) is 56.4 Å². The van der Waals surface area contributed by atoms with Crippen molar-refractivity contribution in [2.45, 2.75) is 60.2 Å². The smallest absolute Gasteiger partial charge is 0.274 e. The molecule has 0 aliphatic heterocycles. The number of rotatable bonds is 8. The quantitative estimate of drug-likeness (QED) is 0.275. The number of aliphatic hydroxyl groups is 1. The summed E-state index contributed by atoms with van der Waals surface area (Å²) < 4.78 is 8.00. The van der Waals surface area contributed by atoms with E-state index >= 15 is 0 Å². The Hall–Kier alpha value is -3.96. The van der Waals surface area contributed by atoms with Crippen LogP contribution in [0.3, 0.4) is 0 Å². The van der Waals surface area contributed by atoms with Gasteiger partial charge in [0.1, 0.15) is 17.4 Å². The zero-order valence-corrected chi connectivity index (χ0v) is 24.4. The van der Waals surface area contributed by atoms with Crippen LogP contribution >= 0.6 is 11.6 Å². The molecule has 0 saturated carbocycles. The fourth-order valence-corrected chi connectivity index (χ4v) is 4.53. The molecular formula is C28H34ClN7O4. The fraction of sp³-hybridized carbons (Fsp3) is 0.393. The molecule has 212 valence electrons. The minimum Gasteiger partial charge on any atom is -0.480 e. The summed E-state index contributed by atoms with van der Waals surface area (Å²) in [6, 6.07) is 6.41. The Morgan fingerprint density at radius 3 is 2.52 bits per heavy atom. The number of carbonyl (C=O) groups excluding carboxylic acids is 2. The Kier molecular flexibility index (Phi) is 8.18. The summed E-state index contributed by atoms with van der Waals surface area (Å²) in [5.41, 5.74) is 1.40. The van der Waals surface area contributed by atoms with Crippen molar-refractivity contribution in [3.8, 4) is 11.7 Å². The molecule has 0 fully saturated rings. The van der Waals surface area contributed by atoms with Crippen LogP contribution in [-0.2, 0) is 0 Å². The molecule has 40 heavy (non-hydrogen) atoms. The highest BCUT2D eigenvalue weighted by atomic mass is 35.5. The van der Waals surface area contributed by atoms with Gasteiger partial charge in [0.25, 0.3) is 11.8 Å². The molecule has 4 aromatic rings. The predicted octanol–water partition coefficient (Wildman–Crippen LogP) is 4.91. The maximum absolute atomic E-state index is 13.7. The average Bonchev–Trinajstić information content (AvgIpc) is 3.47. The first-order chi connectivity index (χ1) is 18.8. The van der Waals surface area contributed by atoms with Crippen LogP contribution in [0.15, 0.2) is 36.7 Å². The highest BCUT2D eigenvalue weighted by molar-refractivity contribution is 6.32. The standard InChI is InChI=1S/C28H34ClN7O4/c1-15(2)31-27(39)22-23(16(3)11-17-14-35(34-24(17)22)21(37)13-28(4,5)6)32-26(38)19-12-20(40-7)33-36(19)25-18(29)9-8-10-30-25/h8-12,14-15,21,37H,13H2,1-7H3,(H,31,39)(H,32,38). The van der Waals surface area contributed by atoms with Crippen LogP contribution in [0.25, 0.3) is 16.7 Å². The number of nitrogens with one attached hydrogen (secondary N) is 2. The first-order valence-electron chi connectivity index (χ1n) is 12.9. The number of amides is 2. The number of hydrogen-bond donors (Lipinski definition) is 3. The lowest BCUT2D eigenvalue weighted by Crippen LogP contribution is -2.31. The van der Waals surface area contributed by atoms with E-state index in [0.29, 0.717) is 22.9 Å². The lowest BCUT2D eigenvalue weighted by molar-refractivity contribution is 0.0486. The topological polar surface area (TPSA) is 136 Å². The molecule has 0 aliphatic rings. The molecule has 0 saturated heterocycles. The number of pyridine rings is 1. The normalized spacial score (nSPS) is 12.6. The number of hydrogen-bond acceptors (Lipinski definition) is 7. The number of benzene rings is 1. The van der Waals surface area contributed by atoms with Crippen molar-refractivity contribution in [2.24, 2.45) is 5.41 Å². The zero-order chi connectivity index (χ0) is 29.4. The van der Waals surface area contributed by atoms with Crippen molar-refractivity contribution in [2.75, 3.05) is 12.4 Å². The van der Waals surface area contributed by atoms with Crippen LogP contribution in [0.2, 0.25) is 5.02 Å². The van der Waals surface area contributed by atoms with Gasteiger partial charge in [0, 0.05) is 29.9 Å². The maximum Gasteiger partial charge on any atom is 0.274 e. The van der Waals surface area contributed by atoms with Gasteiger partial charge in [-0.3, -0.25) is 9.59 Å². The van der Waals surface area contributed by atoms with Gasteiger partial charge in [0.15, 0.2) is 5.82 Å². The van der Waals surface area contributed by atoms with Gasteiger partial charge in [-0.15, -0.1) is 5.10 Å². The van der Waals surface area contributed by atoms with Gasteiger partial charge in [-0.2, -0.15) is 5.10 Å². The Balaban J connectivity index is 1.83. The van der Waals surface area contributed by atoms with Crippen LogP contribution in [0.1, 0.15) is 73.7 Å². The molecule has 2 amide bonds. The number of ether oxygens (including phenoxy) is 1. The van der Waals surface area contributed by atoms with E-state index in [0.717, 1.165) is 0 Å². The second-order valence-corrected chi connectivity index (χ2v) is 11.5. The molecule has 0 radical (unpaired) electrons. The van der Waals surface area contributed by atoms with Crippen molar-refractivity contribution in [1.29, 1.82) is 0 Å². The Morgan fingerprint density at radius 1 is 1.18 bits per heavy atom. The van der Waals surface area contributed by atoms with E-state index in [9.17, 15) is 14.7 Å². The van der Waals surface area contributed by atoms with Crippen molar-refractivity contribution < 1.29 is 19.4 Å². The molecule has 0 bridgehead atoms. The second-order valence-electron chi connectivity index (χ2n) is 11.1. The second kappa shape index (κ2) is 11.3. The molecule has 4 rings (SSSR count). The summed E-state index contributed by atoms with van der Waals surface area (Å²) in [4.78, 5) is 31.5. The molecule has 1 aromatic carbocycles. The fourth-order valence-electron chi connectivity index (χ4n) is 4.33. The molecule has 12 heteroatoms.